The van der Waals surface area contributed by atoms with Gasteiger partial charge in [-0.15, -0.1) is 0 Å². The highest BCUT2D eigenvalue weighted by Crippen LogP contribution is 2.38. The van der Waals surface area contributed by atoms with Crippen molar-refractivity contribution in [3.05, 3.63) is 89.5 Å². The van der Waals surface area contributed by atoms with Gasteiger partial charge < -0.3 is 14.7 Å². The Morgan fingerprint density at radius 3 is 1.60 bits per heavy atom. The molecule has 0 radical (unpaired) electrons. The smallest absolute Gasteiger partial charge is 0.270 e. The average Bonchev–Trinajstić information content (AvgIpc) is 3.51. The van der Waals surface area contributed by atoms with Gasteiger partial charge in [-0.2, -0.15) is 0 Å². The highest BCUT2D eigenvalue weighted by atomic mass is 16.2. The molecule has 4 nitrogen and oxygen atoms in total. The second-order valence-electron chi connectivity index (χ2n) is 8.39. The van der Waals surface area contributed by atoms with E-state index in [4.69, 9.17) is 0 Å². The molecule has 1 amide bonds. The van der Waals surface area contributed by atoms with Gasteiger partial charge in [0.2, 0.25) is 0 Å². The van der Waals surface area contributed by atoms with Crippen molar-refractivity contribution in [2.45, 2.75) is 25.4 Å². The fourth-order valence-corrected chi connectivity index (χ4v) is 5.38. The molecular formula is C26H25N3O. The Balaban J connectivity index is 1.44. The predicted octanol–water partition coefficient (Wildman–Crippen LogP) is 4.03. The van der Waals surface area contributed by atoms with Crippen LogP contribution in [0.15, 0.2) is 72.8 Å². The van der Waals surface area contributed by atoms with E-state index >= 15 is 0 Å². The van der Waals surface area contributed by atoms with Crippen LogP contribution in [0.5, 0.6) is 0 Å². The zero-order valence-corrected chi connectivity index (χ0v) is 17.0. The van der Waals surface area contributed by atoms with Crippen molar-refractivity contribution in [1.82, 2.24) is 0 Å². The molecule has 0 saturated heterocycles. The summed E-state index contributed by atoms with van der Waals surface area (Å²) < 4.78 is 0. The second-order valence-corrected chi connectivity index (χ2v) is 8.39. The van der Waals surface area contributed by atoms with Crippen molar-refractivity contribution in [2.24, 2.45) is 0 Å². The standard InChI is InChI=1S/C26H25N3O/c30-26(29-18-15-21-9-3-6-12-24(21)29)25(27-16-13-19-7-1-4-10-22(19)27)28-17-14-20-8-2-5-11-23(20)28/h1-12,25H,13-18H2. The minimum atomic E-state index is -0.316. The third-order valence-electron chi connectivity index (χ3n) is 6.81. The molecule has 3 aliphatic heterocycles. The summed E-state index contributed by atoms with van der Waals surface area (Å²) in [6, 6.07) is 25.4. The van der Waals surface area contributed by atoms with Crippen molar-refractivity contribution >= 4 is 23.0 Å². The van der Waals surface area contributed by atoms with Crippen LogP contribution in [-0.2, 0) is 24.1 Å². The molecule has 0 aromatic heterocycles. The molecule has 3 aliphatic rings. The number of carbonyl (C=O) groups excluding carboxylic acids is 1. The van der Waals surface area contributed by atoms with Crippen molar-refractivity contribution < 1.29 is 4.79 Å². The van der Waals surface area contributed by atoms with Gasteiger partial charge in [0.15, 0.2) is 6.17 Å². The van der Waals surface area contributed by atoms with Gasteiger partial charge in [-0.25, -0.2) is 0 Å². The summed E-state index contributed by atoms with van der Waals surface area (Å²) >= 11 is 0. The van der Waals surface area contributed by atoms with Crippen molar-refractivity contribution in [3.8, 4) is 0 Å². The molecule has 0 atom stereocenters. The second kappa shape index (κ2) is 6.91. The summed E-state index contributed by atoms with van der Waals surface area (Å²) in [5.74, 6) is 0.188. The van der Waals surface area contributed by atoms with Crippen LogP contribution in [0.2, 0.25) is 0 Å². The van der Waals surface area contributed by atoms with Crippen LogP contribution >= 0.6 is 0 Å². The van der Waals surface area contributed by atoms with E-state index in [0.29, 0.717) is 0 Å². The molecule has 0 spiro atoms. The fraction of sp³-hybridized carbons (Fsp3) is 0.269. The van der Waals surface area contributed by atoms with Gasteiger partial charge in [0.1, 0.15) is 0 Å². The largest absolute Gasteiger partial charge is 0.343 e. The quantitative estimate of drug-likeness (QED) is 0.670. The lowest BCUT2D eigenvalue weighted by molar-refractivity contribution is -0.119. The molecule has 0 unspecified atom stereocenters. The maximum atomic E-state index is 14.1. The molecule has 3 aromatic carbocycles. The van der Waals surface area contributed by atoms with Crippen LogP contribution in [0.1, 0.15) is 16.7 Å². The van der Waals surface area contributed by atoms with Gasteiger partial charge in [-0.1, -0.05) is 54.6 Å². The molecule has 0 aliphatic carbocycles. The summed E-state index contributed by atoms with van der Waals surface area (Å²) in [5.41, 5.74) is 7.43. The third kappa shape index (κ3) is 2.63. The number of fused-ring (bicyclic) bond motifs is 3. The van der Waals surface area contributed by atoms with E-state index in [1.165, 1.54) is 28.1 Å². The first-order valence-electron chi connectivity index (χ1n) is 10.9. The highest BCUT2D eigenvalue weighted by molar-refractivity contribution is 6.03. The molecule has 150 valence electrons. The molecule has 0 saturated carbocycles. The number of anilines is 3. The summed E-state index contributed by atoms with van der Waals surface area (Å²) in [6.07, 6.45) is 2.60. The van der Waals surface area contributed by atoms with Crippen molar-refractivity contribution in [1.29, 1.82) is 0 Å². The normalized spacial score (nSPS) is 16.8. The maximum Gasteiger partial charge on any atom is 0.270 e. The Kier molecular flexibility index (Phi) is 4.05. The zero-order chi connectivity index (χ0) is 20.1. The Bertz CT molecular complexity index is 1070. The lowest BCUT2D eigenvalue weighted by Crippen LogP contribution is -2.57. The Morgan fingerprint density at radius 1 is 0.600 bits per heavy atom. The van der Waals surface area contributed by atoms with Gasteiger partial charge in [-0.05, 0) is 54.2 Å². The Hall–Kier alpha value is -3.27. The number of nitrogens with zero attached hydrogens (tertiary/aromatic N) is 3. The average molecular weight is 396 g/mol. The van der Waals surface area contributed by atoms with Crippen LogP contribution in [0.4, 0.5) is 17.1 Å². The first-order valence-corrected chi connectivity index (χ1v) is 10.9. The summed E-state index contributed by atoms with van der Waals surface area (Å²) in [7, 11) is 0. The van der Waals surface area contributed by atoms with Crippen LogP contribution in [0.25, 0.3) is 0 Å². The molecular weight excluding hydrogens is 370 g/mol. The van der Waals surface area contributed by atoms with Gasteiger partial charge in [0.05, 0.1) is 0 Å². The van der Waals surface area contributed by atoms with Gasteiger partial charge in [0, 0.05) is 36.7 Å². The SMILES string of the molecule is O=C(C(N1CCc2ccccc21)N1CCc2ccccc21)N1CCc2ccccc21. The number of hydrogen-bond acceptors (Lipinski definition) is 3. The van der Waals surface area contributed by atoms with Gasteiger partial charge in [-0.3, -0.25) is 4.79 Å². The molecule has 4 heteroatoms. The predicted molar refractivity (Wildman–Crippen MR) is 121 cm³/mol. The maximum absolute atomic E-state index is 14.1. The topological polar surface area (TPSA) is 26.8 Å². The molecule has 3 aromatic rings. The number of rotatable bonds is 3. The van der Waals surface area contributed by atoms with Crippen LogP contribution < -0.4 is 14.7 Å². The molecule has 6 rings (SSSR count). The van der Waals surface area contributed by atoms with E-state index in [0.717, 1.165) is 44.6 Å². The first-order chi connectivity index (χ1) is 14.8. The van der Waals surface area contributed by atoms with Crippen molar-refractivity contribution in [3.63, 3.8) is 0 Å². The number of benzene rings is 3. The Labute approximate surface area is 177 Å². The lowest BCUT2D eigenvalue weighted by Gasteiger charge is -2.39. The minimum absolute atomic E-state index is 0.188. The van der Waals surface area contributed by atoms with E-state index < -0.39 is 0 Å². The number of amides is 1. The first kappa shape index (κ1) is 17.6. The van der Waals surface area contributed by atoms with E-state index in [9.17, 15) is 4.79 Å². The number of hydrogen-bond donors (Lipinski definition) is 0. The van der Waals surface area contributed by atoms with Gasteiger partial charge in [0.25, 0.3) is 5.91 Å². The molecule has 0 bridgehead atoms. The Morgan fingerprint density at radius 2 is 1.03 bits per heavy atom. The highest BCUT2D eigenvalue weighted by Gasteiger charge is 2.41. The molecule has 0 N–H and O–H groups in total. The van der Waals surface area contributed by atoms with Crippen LogP contribution in [0.3, 0.4) is 0 Å². The van der Waals surface area contributed by atoms with Crippen LogP contribution in [0, 0.1) is 0 Å². The van der Waals surface area contributed by atoms with E-state index in [1.54, 1.807) is 0 Å². The van der Waals surface area contributed by atoms with Crippen molar-refractivity contribution in [2.75, 3.05) is 34.3 Å². The van der Waals surface area contributed by atoms with E-state index in [1.807, 2.05) is 11.0 Å². The summed E-state index contributed by atoms with van der Waals surface area (Å²) in [6.45, 7) is 2.52. The van der Waals surface area contributed by atoms with E-state index in [-0.39, 0.29) is 12.1 Å². The zero-order valence-electron chi connectivity index (χ0n) is 17.0. The molecule has 30 heavy (non-hydrogen) atoms. The molecule has 3 heterocycles. The monoisotopic (exact) mass is 395 g/mol. The van der Waals surface area contributed by atoms with Crippen LogP contribution in [-0.4, -0.2) is 31.7 Å². The number of carbonyl (C=O) groups is 1. The number of para-hydroxylation sites is 3. The van der Waals surface area contributed by atoms with E-state index in [2.05, 4.69) is 76.5 Å². The minimum Gasteiger partial charge on any atom is -0.343 e. The fourth-order valence-electron chi connectivity index (χ4n) is 5.38. The summed E-state index contributed by atoms with van der Waals surface area (Å²) in [5, 5.41) is 0. The molecule has 0 fully saturated rings. The lowest BCUT2D eigenvalue weighted by atomic mass is 10.1. The summed E-state index contributed by atoms with van der Waals surface area (Å²) in [4.78, 5) is 20.8. The third-order valence-corrected chi connectivity index (χ3v) is 6.81. The van der Waals surface area contributed by atoms with Gasteiger partial charge >= 0.3 is 0 Å².